The zero-order chi connectivity index (χ0) is 17.8. The molecule has 1 atom stereocenters. The largest absolute Gasteiger partial charge is 0.545 e. The van der Waals surface area contributed by atoms with Gasteiger partial charge in [0.05, 0.1) is 10.9 Å². The first-order valence-electron chi connectivity index (χ1n) is 9.11. The van der Waals surface area contributed by atoms with Crippen LogP contribution in [0.5, 0.6) is 0 Å². The van der Waals surface area contributed by atoms with Gasteiger partial charge in [-0.3, -0.25) is 0 Å². The number of hydrogen-bond donors (Lipinski definition) is 1. The van der Waals surface area contributed by atoms with Gasteiger partial charge >= 0.3 is 0 Å². The van der Waals surface area contributed by atoms with Gasteiger partial charge in [-0.15, -0.1) is 0 Å². The smallest absolute Gasteiger partial charge is 0.240 e. The fourth-order valence-electron chi connectivity index (χ4n) is 5.92. The highest BCUT2D eigenvalue weighted by Crippen LogP contribution is 2.61. The van der Waals surface area contributed by atoms with Crippen LogP contribution < -0.4 is 9.83 Å². The number of carbonyl (C=O) groups is 1. The highest BCUT2D eigenvalue weighted by atomic mass is 32.2. The van der Waals surface area contributed by atoms with Crippen molar-refractivity contribution in [2.75, 3.05) is 0 Å². The van der Waals surface area contributed by atoms with Crippen LogP contribution in [0.15, 0.2) is 29.2 Å². The van der Waals surface area contributed by atoms with Crippen molar-refractivity contribution >= 4 is 16.0 Å². The SMILES string of the molecule is C[C@H](NS(=O)(=O)c1cccc(C(=O)[O-])c1)C12CC3CC(CC(C3)C1)C2. The van der Waals surface area contributed by atoms with Crippen molar-refractivity contribution in [1.29, 1.82) is 0 Å². The van der Waals surface area contributed by atoms with E-state index in [1.807, 2.05) is 6.92 Å². The average molecular weight is 362 g/mol. The van der Waals surface area contributed by atoms with Crippen molar-refractivity contribution in [3.05, 3.63) is 29.8 Å². The molecule has 25 heavy (non-hydrogen) atoms. The molecule has 1 N–H and O–H groups in total. The maximum absolute atomic E-state index is 12.8. The molecule has 0 amide bonds. The van der Waals surface area contributed by atoms with Gasteiger partial charge in [0.25, 0.3) is 0 Å². The number of carboxylic acid groups (broad SMARTS) is 1. The molecule has 5 nitrogen and oxygen atoms in total. The Bertz CT molecular complexity index is 766. The lowest BCUT2D eigenvalue weighted by molar-refractivity contribution is -0.255. The van der Waals surface area contributed by atoms with Gasteiger partial charge in [-0.05, 0) is 86.3 Å². The second-order valence-electron chi connectivity index (χ2n) is 8.44. The van der Waals surface area contributed by atoms with Gasteiger partial charge in [0.2, 0.25) is 10.0 Å². The predicted octanol–water partition coefficient (Wildman–Crippen LogP) is 1.93. The Labute approximate surface area is 148 Å². The third-order valence-electron chi connectivity index (χ3n) is 6.72. The summed E-state index contributed by atoms with van der Waals surface area (Å²) in [5.41, 5.74) is -0.0568. The Kier molecular flexibility index (Phi) is 3.96. The third kappa shape index (κ3) is 2.99. The van der Waals surface area contributed by atoms with Gasteiger partial charge in [-0.1, -0.05) is 12.1 Å². The second-order valence-corrected chi connectivity index (χ2v) is 10.2. The minimum Gasteiger partial charge on any atom is -0.545 e. The molecule has 4 fully saturated rings. The molecule has 4 saturated carbocycles. The molecule has 136 valence electrons. The van der Waals surface area contributed by atoms with Crippen LogP contribution in [0.4, 0.5) is 0 Å². The fourth-order valence-corrected chi connectivity index (χ4v) is 7.32. The molecule has 1 aromatic rings. The molecule has 0 heterocycles. The number of hydrogen-bond acceptors (Lipinski definition) is 4. The van der Waals surface area contributed by atoms with Gasteiger partial charge in [0, 0.05) is 6.04 Å². The summed E-state index contributed by atoms with van der Waals surface area (Å²) in [6.45, 7) is 1.98. The quantitative estimate of drug-likeness (QED) is 0.867. The number of aromatic carboxylic acids is 1. The van der Waals surface area contributed by atoms with E-state index < -0.39 is 16.0 Å². The lowest BCUT2D eigenvalue weighted by Gasteiger charge is -2.59. The van der Waals surface area contributed by atoms with Gasteiger partial charge in [0.1, 0.15) is 0 Å². The molecule has 4 bridgehead atoms. The highest BCUT2D eigenvalue weighted by Gasteiger charge is 2.53. The normalized spacial score (nSPS) is 34.8. The number of nitrogens with one attached hydrogen (secondary N) is 1. The molecule has 4 aliphatic rings. The second kappa shape index (κ2) is 5.81. The van der Waals surface area contributed by atoms with Crippen molar-refractivity contribution in [2.45, 2.75) is 56.4 Å². The molecular weight excluding hydrogens is 338 g/mol. The highest BCUT2D eigenvalue weighted by molar-refractivity contribution is 7.89. The first-order chi connectivity index (χ1) is 11.8. The van der Waals surface area contributed by atoms with E-state index >= 15 is 0 Å². The van der Waals surface area contributed by atoms with Gasteiger partial charge in [-0.25, -0.2) is 13.1 Å². The maximum atomic E-state index is 12.8. The van der Waals surface area contributed by atoms with Crippen molar-refractivity contribution in [2.24, 2.45) is 23.2 Å². The lowest BCUT2D eigenvalue weighted by Crippen LogP contribution is -2.55. The third-order valence-corrected chi connectivity index (χ3v) is 8.25. The van der Waals surface area contributed by atoms with Crippen LogP contribution >= 0.6 is 0 Å². The summed E-state index contributed by atoms with van der Waals surface area (Å²) in [7, 11) is -3.75. The predicted molar refractivity (Wildman–Crippen MR) is 91.2 cm³/mol. The zero-order valence-electron chi connectivity index (χ0n) is 14.4. The molecule has 6 heteroatoms. The Morgan fingerprint density at radius 2 is 1.72 bits per heavy atom. The van der Waals surface area contributed by atoms with Crippen molar-refractivity contribution in [3.8, 4) is 0 Å². The minimum atomic E-state index is -3.75. The minimum absolute atomic E-state index is 0.00854. The van der Waals surface area contributed by atoms with E-state index in [9.17, 15) is 18.3 Å². The molecule has 5 rings (SSSR count). The number of rotatable bonds is 5. The Morgan fingerprint density at radius 3 is 2.24 bits per heavy atom. The van der Waals surface area contributed by atoms with Gasteiger partial charge in [0.15, 0.2) is 0 Å². The summed E-state index contributed by atoms with van der Waals surface area (Å²) >= 11 is 0. The van der Waals surface area contributed by atoms with E-state index in [4.69, 9.17) is 0 Å². The summed E-state index contributed by atoms with van der Waals surface area (Å²) < 4.78 is 28.4. The van der Waals surface area contributed by atoms with E-state index in [2.05, 4.69) is 4.72 Å². The van der Waals surface area contributed by atoms with E-state index in [1.165, 1.54) is 43.5 Å². The van der Waals surface area contributed by atoms with Gasteiger partial charge < -0.3 is 9.90 Å². The summed E-state index contributed by atoms with van der Waals surface area (Å²) in [5, 5.41) is 11.0. The number of benzene rings is 1. The van der Waals surface area contributed by atoms with Crippen molar-refractivity contribution < 1.29 is 18.3 Å². The molecule has 4 aliphatic carbocycles. The Morgan fingerprint density at radius 1 is 1.16 bits per heavy atom. The van der Waals surface area contributed by atoms with Crippen LogP contribution in [0.25, 0.3) is 0 Å². The van der Waals surface area contributed by atoms with Crippen LogP contribution in [0.1, 0.15) is 55.8 Å². The van der Waals surface area contributed by atoms with Crippen molar-refractivity contribution in [3.63, 3.8) is 0 Å². The standard InChI is InChI=1S/C19H25NO4S/c1-12(19-9-13-5-14(10-19)7-15(6-13)11-19)20-25(23,24)17-4-2-3-16(8-17)18(21)22/h2-4,8,12-15,20H,5-7,9-11H2,1H3,(H,21,22)/p-1/t12-,13?,14?,15?,19?/m0/s1. The average Bonchev–Trinajstić information content (AvgIpc) is 2.53. The first-order valence-corrected chi connectivity index (χ1v) is 10.6. The van der Waals surface area contributed by atoms with Crippen LogP contribution in [-0.4, -0.2) is 20.4 Å². The van der Waals surface area contributed by atoms with Crippen LogP contribution in [0, 0.1) is 23.2 Å². The molecule has 0 unspecified atom stereocenters. The van der Waals surface area contributed by atoms with E-state index in [0.29, 0.717) is 0 Å². The van der Waals surface area contributed by atoms with E-state index in [1.54, 1.807) is 0 Å². The molecule has 1 aromatic carbocycles. The summed E-state index contributed by atoms with van der Waals surface area (Å²) in [4.78, 5) is 11.0. The lowest BCUT2D eigenvalue weighted by atomic mass is 9.48. The van der Waals surface area contributed by atoms with Crippen LogP contribution in [0.2, 0.25) is 0 Å². The number of carbonyl (C=O) groups excluding carboxylic acids is 1. The summed E-state index contributed by atoms with van der Waals surface area (Å²) in [6.07, 6.45) is 7.27. The molecule has 0 aromatic heterocycles. The fraction of sp³-hybridized carbons (Fsp3) is 0.632. The van der Waals surface area contributed by atoms with Gasteiger partial charge in [-0.2, -0.15) is 0 Å². The Balaban J connectivity index is 1.57. The number of sulfonamides is 1. The van der Waals surface area contributed by atoms with Crippen LogP contribution in [-0.2, 0) is 10.0 Å². The zero-order valence-corrected chi connectivity index (χ0v) is 15.2. The van der Waals surface area contributed by atoms with E-state index in [-0.39, 0.29) is 21.9 Å². The molecule has 0 radical (unpaired) electrons. The molecule has 0 saturated heterocycles. The maximum Gasteiger partial charge on any atom is 0.240 e. The summed E-state index contributed by atoms with van der Waals surface area (Å²) in [6, 6.07) is 5.24. The van der Waals surface area contributed by atoms with Crippen molar-refractivity contribution in [1.82, 2.24) is 4.72 Å². The van der Waals surface area contributed by atoms with E-state index in [0.717, 1.165) is 37.0 Å². The molecule has 0 aliphatic heterocycles. The first kappa shape index (κ1) is 17.0. The number of carboxylic acids is 1. The summed E-state index contributed by atoms with van der Waals surface area (Å²) in [5.74, 6) is 0.880. The molecular formula is C19H24NO4S-. The topological polar surface area (TPSA) is 86.3 Å². The van der Waals surface area contributed by atoms with Crippen LogP contribution in [0.3, 0.4) is 0 Å². The Hall–Kier alpha value is -1.40. The monoisotopic (exact) mass is 362 g/mol. The molecule has 0 spiro atoms.